The van der Waals surface area contributed by atoms with Crippen LogP contribution in [0.25, 0.3) is 0 Å². The Morgan fingerprint density at radius 3 is 2.29 bits per heavy atom. The monoisotopic (exact) mass is 242 g/mol. The van der Waals surface area contributed by atoms with Crippen molar-refractivity contribution in [3.63, 3.8) is 0 Å². The van der Waals surface area contributed by atoms with Crippen molar-refractivity contribution in [2.45, 2.75) is 33.1 Å². The fourth-order valence-electron chi connectivity index (χ4n) is 1.83. The molecule has 0 atom stereocenters. The van der Waals surface area contributed by atoms with E-state index in [0.717, 1.165) is 13.0 Å². The van der Waals surface area contributed by atoms with Crippen LogP contribution in [0.4, 0.5) is 4.79 Å². The normalized spacial score (nSPS) is 14.5. The summed E-state index contributed by atoms with van der Waals surface area (Å²) in [7, 11) is 0. The van der Waals surface area contributed by atoms with Crippen LogP contribution in [0.15, 0.2) is 0 Å². The number of amides is 2. The second-order valence-electron chi connectivity index (χ2n) is 4.58. The number of nitrogens with zero attached hydrogens (tertiary/aromatic N) is 2. The van der Waals surface area contributed by atoms with Crippen LogP contribution in [0, 0.1) is 5.92 Å². The molecule has 0 spiro atoms. The maximum atomic E-state index is 12.2. The van der Waals surface area contributed by atoms with E-state index in [0.29, 0.717) is 19.0 Å². The molecule has 0 aliphatic heterocycles. The Bertz CT molecular complexity index is 277. The fourth-order valence-corrected chi connectivity index (χ4v) is 1.83. The standard InChI is InChI=1S/C12H22N2O3/c1-3-7-14(9-11(15)16)12(17)13(4-2)8-10-5-6-10/h10H,3-9H2,1-2H3,(H,15,16). The zero-order chi connectivity index (χ0) is 12.8. The zero-order valence-corrected chi connectivity index (χ0v) is 10.7. The molecule has 1 aliphatic carbocycles. The Hall–Kier alpha value is -1.26. The highest BCUT2D eigenvalue weighted by Gasteiger charge is 2.28. The van der Waals surface area contributed by atoms with Crippen molar-refractivity contribution in [1.82, 2.24) is 9.80 Å². The topological polar surface area (TPSA) is 60.9 Å². The van der Waals surface area contributed by atoms with Crippen molar-refractivity contribution in [1.29, 1.82) is 0 Å². The third-order valence-electron chi connectivity index (χ3n) is 2.92. The van der Waals surface area contributed by atoms with Gasteiger partial charge in [0.15, 0.2) is 0 Å². The Kier molecular flexibility index (Phi) is 5.25. The minimum atomic E-state index is -0.950. The molecule has 1 fully saturated rings. The largest absolute Gasteiger partial charge is 0.480 e. The average molecular weight is 242 g/mol. The van der Waals surface area contributed by atoms with E-state index in [1.807, 2.05) is 13.8 Å². The van der Waals surface area contributed by atoms with Crippen molar-refractivity contribution in [2.75, 3.05) is 26.2 Å². The number of carboxylic acids is 1. The second kappa shape index (κ2) is 6.47. The molecule has 17 heavy (non-hydrogen) atoms. The van der Waals surface area contributed by atoms with Gasteiger partial charge in [-0.05, 0) is 32.1 Å². The maximum Gasteiger partial charge on any atom is 0.323 e. The van der Waals surface area contributed by atoms with E-state index in [-0.39, 0.29) is 12.6 Å². The van der Waals surface area contributed by atoms with E-state index in [1.54, 1.807) is 4.90 Å². The summed E-state index contributed by atoms with van der Waals surface area (Å²) in [4.78, 5) is 26.1. The quantitative estimate of drug-likeness (QED) is 0.738. The molecule has 1 N–H and O–H groups in total. The number of aliphatic carboxylic acids is 1. The molecule has 0 unspecified atom stereocenters. The molecule has 1 rings (SSSR count). The lowest BCUT2D eigenvalue weighted by atomic mass is 10.3. The molecule has 0 aromatic heterocycles. The van der Waals surface area contributed by atoms with E-state index in [9.17, 15) is 9.59 Å². The van der Waals surface area contributed by atoms with E-state index < -0.39 is 5.97 Å². The molecular weight excluding hydrogens is 220 g/mol. The van der Waals surface area contributed by atoms with Crippen molar-refractivity contribution >= 4 is 12.0 Å². The minimum absolute atomic E-state index is 0.136. The van der Waals surface area contributed by atoms with Gasteiger partial charge >= 0.3 is 12.0 Å². The number of hydrogen-bond donors (Lipinski definition) is 1. The predicted molar refractivity (Wildman–Crippen MR) is 64.9 cm³/mol. The molecule has 0 saturated heterocycles. The van der Waals surface area contributed by atoms with Crippen LogP contribution in [-0.2, 0) is 4.79 Å². The van der Waals surface area contributed by atoms with Crippen LogP contribution < -0.4 is 0 Å². The molecule has 5 nitrogen and oxygen atoms in total. The Labute approximate surface area is 102 Å². The lowest BCUT2D eigenvalue weighted by Gasteiger charge is -2.28. The summed E-state index contributed by atoms with van der Waals surface area (Å²) in [6, 6.07) is -0.136. The summed E-state index contributed by atoms with van der Waals surface area (Å²) in [5.41, 5.74) is 0. The highest BCUT2D eigenvalue weighted by atomic mass is 16.4. The van der Waals surface area contributed by atoms with Gasteiger partial charge in [-0.3, -0.25) is 4.79 Å². The zero-order valence-electron chi connectivity index (χ0n) is 10.7. The first kappa shape index (κ1) is 13.8. The predicted octanol–water partition coefficient (Wildman–Crippen LogP) is 1.63. The number of urea groups is 1. The van der Waals surface area contributed by atoms with Gasteiger partial charge < -0.3 is 14.9 Å². The summed E-state index contributed by atoms with van der Waals surface area (Å²) in [6.45, 7) is 5.61. The molecule has 5 heteroatoms. The van der Waals surface area contributed by atoms with E-state index in [2.05, 4.69) is 0 Å². The summed E-state index contributed by atoms with van der Waals surface area (Å²) in [6.07, 6.45) is 3.16. The van der Waals surface area contributed by atoms with Gasteiger partial charge in [0, 0.05) is 19.6 Å². The van der Waals surface area contributed by atoms with Crippen LogP contribution in [0.1, 0.15) is 33.1 Å². The van der Waals surface area contributed by atoms with Gasteiger partial charge in [-0.25, -0.2) is 4.79 Å². The van der Waals surface area contributed by atoms with Crippen molar-refractivity contribution in [2.24, 2.45) is 5.92 Å². The Morgan fingerprint density at radius 1 is 1.24 bits per heavy atom. The summed E-state index contributed by atoms with van der Waals surface area (Å²) in [5.74, 6) is -0.318. The Morgan fingerprint density at radius 2 is 1.88 bits per heavy atom. The summed E-state index contributed by atoms with van der Waals surface area (Å²) in [5, 5.41) is 8.80. The first-order chi connectivity index (χ1) is 8.08. The molecule has 98 valence electrons. The number of carbonyl (C=O) groups is 2. The summed E-state index contributed by atoms with van der Waals surface area (Å²) >= 11 is 0. The third kappa shape index (κ3) is 4.63. The van der Waals surface area contributed by atoms with Gasteiger partial charge in [-0.1, -0.05) is 6.92 Å². The van der Waals surface area contributed by atoms with Crippen molar-refractivity contribution in [3.8, 4) is 0 Å². The Balaban J connectivity index is 2.55. The number of carboxylic acid groups (broad SMARTS) is 1. The molecular formula is C12H22N2O3. The van der Waals surface area contributed by atoms with Gasteiger partial charge in [-0.15, -0.1) is 0 Å². The number of carbonyl (C=O) groups excluding carboxylic acids is 1. The fraction of sp³-hybridized carbons (Fsp3) is 0.833. The van der Waals surface area contributed by atoms with E-state index in [4.69, 9.17) is 5.11 Å². The van der Waals surface area contributed by atoms with Crippen LogP contribution in [0.5, 0.6) is 0 Å². The minimum Gasteiger partial charge on any atom is -0.480 e. The lowest BCUT2D eigenvalue weighted by molar-refractivity contribution is -0.137. The van der Waals surface area contributed by atoms with Crippen LogP contribution in [0.3, 0.4) is 0 Å². The molecule has 0 aromatic rings. The number of hydrogen-bond acceptors (Lipinski definition) is 2. The van der Waals surface area contributed by atoms with Gasteiger partial charge in [0.1, 0.15) is 6.54 Å². The molecule has 0 heterocycles. The first-order valence-corrected chi connectivity index (χ1v) is 6.34. The van der Waals surface area contributed by atoms with Crippen LogP contribution in [-0.4, -0.2) is 53.1 Å². The second-order valence-corrected chi connectivity index (χ2v) is 4.58. The molecule has 0 radical (unpaired) electrons. The van der Waals surface area contributed by atoms with Crippen molar-refractivity contribution in [3.05, 3.63) is 0 Å². The molecule has 1 saturated carbocycles. The average Bonchev–Trinajstić information content (AvgIpc) is 3.07. The molecule has 2 amide bonds. The van der Waals surface area contributed by atoms with E-state index in [1.165, 1.54) is 17.7 Å². The first-order valence-electron chi connectivity index (χ1n) is 6.34. The van der Waals surface area contributed by atoms with Gasteiger partial charge in [0.2, 0.25) is 0 Å². The highest BCUT2D eigenvalue weighted by molar-refractivity contribution is 5.80. The van der Waals surface area contributed by atoms with Gasteiger partial charge in [-0.2, -0.15) is 0 Å². The SMILES string of the molecule is CCCN(CC(=O)O)C(=O)N(CC)CC1CC1. The molecule has 1 aliphatic rings. The number of rotatable bonds is 7. The smallest absolute Gasteiger partial charge is 0.323 e. The highest BCUT2D eigenvalue weighted by Crippen LogP contribution is 2.29. The van der Waals surface area contributed by atoms with Gasteiger partial charge in [0.25, 0.3) is 0 Å². The van der Waals surface area contributed by atoms with E-state index >= 15 is 0 Å². The van der Waals surface area contributed by atoms with Crippen molar-refractivity contribution < 1.29 is 14.7 Å². The summed E-state index contributed by atoms with van der Waals surface area (Å²) < 4.78 is 0. The third-order valence-corrected chi connectivity index (χ3v) is 2.92. The molecule has 0 bridgehead atoms. The van der Waals surface area contributed by atoms with Gasteiger partial charge in [0.05, 0.1) is 0 Å². The molecule has 0 aromatic carbocycles. The lowest BCUT2D eigenvalue weighted by Crippen LogP contribution is -2.46. The van der Waals surface area contributed by atoms with Crippen LogP contribution >= 0.6 is 0 Å². The maximum absolute atomic E-state index is 12.2. The van der Waals surface area contributed by atoms with Crippen LogP contribution in [0.2, 0.25) is 0 Å².